The van der Waals surface area contributed by atoms with Crippen molar-refractivity contribution >= 4 is 17.5 Å². The third kappa shape index (κ3) is 2.78. The van der Waals surface area contributed by atoms with E-state index in [0.717, 1.165) is 18.5 Å². The number of nitrogens with zero attached hydrogens (tertiary/aromatic N) is 1. The van der Waals surface area contributed by atoms with E-state index < -0.39 is 11.3 Å². The fourth-order valence-electron chi connectivity index (χ4n) is 2.22. The van der Waals surface area contributed by atoms with Crippen molar-refractivity contribution in [1.82, 2.24) is 0 Å². The Balaban J connectivity index is 2.20. The molecule has 0 bridgehead atoms. The van der Waals surface area contributed by atoms with E-state index in [2.05, 4.69) is 0 Å². The lowest BCUT2D eigenvalue weighted by Crippen LogP contribution is -2.42. The first kappa shape index (κ1) is 13.6. The number of anilines is 1. The number of carbonyl (C=O) groups excluding carboxylic acids is 2. The molecule has 1 aliphatic rings. The maximum absolute atomic E-state index is 12.3. The molecule has 2 amide bonds. The van der Waals surface area contributed by atoms with Gasteiger partial charge in [0.2, 0.25) is 11.8 Å². The number of aryl methyl sites for hydroxylation is 1. The Morgan fingerprint density at radius 1 is 1.32 bits per heavy atom. The van der Waals surface area contributed by atoms with E-state index in [0.29, 0.717) is 6.54 Å². The molecule has 0 unspecified atom stereocenters. The zero-order chi connectivity index (χ0) is 14.0. The largest absolute Gasteiger partial charge is 0.369 e. The summed E-state index contributed by atoms with van der Waals surface area (Å²) in [6, 6.07) is 7.87. The summed E-state index contributed by atoms with van der Waals surface area (Å²) in [7, 11) is 0. The standard InChI is InChI=1S/C15H19N2O2/c1-15(2,14(16)19)10-13(18)17-9-5-7-11-6-3-4-8-12(11)17/h3-4,6,8,10H,5,7,9H2,1-2H3,(H2,16,19). The van der Waals surface area contributed by atoms with Gasteiger partial charge in [0.1, 0.15) is 0 Å². The van der Waals surface area contributed by atoms with Crippen LogP contribution in [0.25, 0.3) is 0 Å². The van der Waals surface area contributed by atoms with Crippen molar-refractivity contribution in [3.05, 3.63) is 36.2 Å². The van der Waals surface area contributed by atoms with Gasteiger partial charge in [-0.15, -0.1) is 0 Å². The maximum atomic E-state index is 12.3. The lowest BCUT2D eigenvalue weighted by atomic mass is 9.87. The SMILES string of the molecule is CC(C)([CH]C(=O)N1CCCc2ccccc21)C(N)=O. The highest BCUT2D eigenvalue weighted by atomic mass is 16.2. The van der Waals surface area contributed by atoms with Crippen LogP contribution in [-0.4, -0.2) is 18.4 Å². The molecule has 4 heteroatoms. The topological polar surface area (TPSA) is 63.4 Å². The van der Waals surface area contributed by atoms with Crippen molar-refractivity contribution in [3.8, 4) is 0 Å². The molecule has 1 radical (unpaired) electrons. The Hall–Kier alpha value is -1.84. The first-order chi connectivity index (χ1) is 8.92. The number of fused-ring (bicyclic) bond motifs is 1. The molecule has 0 aromatic heterocycles. The van der Waals surface area contributed by atoms with Crippen LogP contribution in [0.1, 0.15) is 25.8 Å². The van der Waals surface area contributed by atoms with Crippen LogP contribution >= 0.6 is 0 Å². The molecule has 2 N–H and O–H groups in total. The fourth-order valence-corrected chi connectivity index (χ4v) is 2.22. The molecular formula is C15H19N2O2. The van der Waals surface area contributed by atoms with Gasteiger partial charge in [-0.2, -0.15) is 0 Å². The first-order valence-corrected chi connectivity index (χ1v) is 6.47. The van der Waals surface area contributed by atoms with E-state index in [4.69, 9.17) is 5.73 Å². The van der Waals surface area contributed by atoms with E-state index in [1.807, 2.05) is 24.3 Å². The van der Waals surface area contributed by atoms with Crippen LogP contribution in [0.2, 0.25) is 0 Å². The molecule has 101 valence electrons. The van der Waals surface area contributed by atoms with Gasteiger partial charge in [-0.25, -0.2) is 0 Å². The number of nitrogens with two attached hydrogens (primary N) is 1. The molecule has 2 rings (SSSR count). The highest BCUT2D eigenvalue weighted by Crippen LogP contribution is 2.29. The van der Waals surface area contributed by atoms with Crippen LogP contribution in [0.5, 0.6) is 0 Å². The van der Waals surface area contributed by atoms with Gasteiger partial charge in [0.25, 0.3) is 0 Å². The second-order valence-corrected chi connectivity index (χ2v) is 5.45. The number of amides is 2. The van der Waals surface area contributed by atoms with E-state index >= 15 is 0 Å². The van der Waals surface area contributed by atoms with Gasteiger partial charge >= 0.3 is 0 Å². The zero-order valence-corrected chi connectivity index (χ0v) is 11.3. The third-order valence-corrected chi connectivity index (χ3v) is 3.50. The summed E-state index contributed by atoms with van der Waals surface area (Å²) in [6.45, 7) is 3.99. The lowest BCUT2D eigenvalue weighted by Gasteiger charge is -2.31. The average molecular weight is 259 g/mol. The van der Waals surface area contributed by atoms with Crippen LogP contribution in [-0.2, 0) is 16.0 Å². The van der Waals surface area contributed by atoms with Crippen LogP contribution in [0.4, 0.5) is 5.69 Å². The summed E-state index contributed by atoms with van der Waals surface area (Å²) in [6.07, 6.45) is 3.34. The number of primary amides is 1. The number of rotatable bonds is 3. The Morgan fingerprint density at radius 3 is 2.68 bits per heavy atom. The fraction of sp³-hybridized carbons (Fsp3) is 0.400. The minimum absolute atomic E-state index is 0.157. The van der Waals surface area contributed by atoms with Gasteiger partial charge in [0.05, 0.1) is 11.8 Å². The highest BCUT2D eigenvalue weighted by Gasteiger charge is 2.32. The van der Waals surface area contributed by atoms with Crippen LogP contribution in [0.15, 0.2) is 24.3 Å². The average Bonchev–Trinajstić information content (AvgIpc) is 2.37. The number of hydrogen-bond acceptors (Lipinski definition) is 2. The zero-order valence-electron chi connectivity index (χ0n) is 11.3. The predicted octanol–water partition coefficient (Wildman–Crippen LogP) is 1.68. The molecular weight excluding hydrogens is 240 g/mol. The van der Waals surface area contributed by atoms with Gasteiger partial charge in [-0.1, -0.05) is 32.0 Å². The molecule has 1 aromatic carbocycles. The maximum Gasteiger partial charge on any atom is 0.232 e. The van der Waals surface area contributed by atoms with E-state index in [-0.39, 0.29) is 5.91 Å². The smallest absolute Gasteiger partial charge is 0.232 e. The highest BCUT2D eigenvalue weighted by molar-refractivity contribution is 6.04. The first-order valence-electron chi connectivity index (χ1n) is 6.47. The van der Waals surface area contributed by atoms with Crippen molar-refractivity contribution < 1.29 is 9.59 Å². The summed E-state index contributed by atoms with van der Waals surface area (Å²) in [5.74, 6) is -0.651. The summed E-state index contributed by atoms with van der Waals surface area (Å²) in [5.41, 5.74) is 6.49. The van der Waals surface area contributed by atoms with Gasteiger partial charge < -0.3 is 10.6 Å². The summed E-state index contributed by atoms with van der Waals surface area (Å²) in [4.78, 5) is 25.4. The van der Waals surface area contributed by atoms with Crippen molar-refractivity contribution in [2.75, 3.05) is 11.4 Å². The minimum Gasteiger partial charge on any atom is -0.369 e. The minimum atomic E-state index is -0.927. The molecule has 1 aromatic rings. The lowest BCUT2D eigenvalue weighted by molar-refractivity contribution is -0.127. The van der Waals surface area contributed by atoms with Crippen molar-refractivity contribution in [1.29, 1.82) is 0 Å². The van der Waals surface area contributed by atoms with Gasteiger partial charge in [0, 0.05) is 12.2 Å². The van der Waals surface area contributed by atoms with Gasteiger partial charge in [0.15, 0.2) is 0 Å². The molecule has 0 aliphatic carbocycles. The molecule has 0 saturated carbocycles. The van der Waals surface area contributed by atoms with E-state index in [1.165, 1.54) is 12.0 Å². The number of hydrogen-bond donors (Lipinski definition) is 1. The number of benzene rings is 1. The Bertz CT molecular complexity index is 509. The Kier molecular flexibility index (Phi) is 3.60. The molecule has 0 spiro atoms. The van der Waals surface area contributed by atoms with Gasteiger partial charge in [-0.05, 0) is 24.5 Å². The number of carbonyl (C=O) groups is 2. The second-order valence-electron chi connectivity index (χ2n) is 5.45. The molecule has 0 fully saturated rings. The third-order valence-electron chi connectivity index (χ3n) is 3.50. The summed E-state index contributed by atoms with van der Waals surface area (Å²) in [5, 5.41) is 0. The molecule has 4 nitrogen and oxygen atoms in total. The normalized spacial score (nSPS) is 14.9. The number of para-hydroxylation sites is 1. The molecule has 0 atom stereocenters. The Morgan fingerprint density at radius 2 is 2.00 bits per heavy atom. The second kappa shape index (κ2) is 5.03. The molecule has 1 aliphatic heterocycles. The van der Waals surface area contributed by atoms with Crippen molar-refractivity contribution in [2.24, 2.45) is 11.1 Å². The van der Waals surface area contributed by atoms with Crippen molar-refractivity contribution in [3.63, 3.8) is 0 Å². The van der Waals surface area contributed by atoms with E-state index in [1.54, 1.807) is 18.7 Å². The predicted molar refractivity (Wildman–Crippen MR) is 74.4 cm³/mol. The summed E-state index contributed by atoms with van der Waals surface area (Å²) < 4.78 is 0. The van der Waals surface area contributed by atoms with Crippen LogP contribution in [0.3, 0.4) is 0 Å². The molecule has 19 heavy (non-hydrogen) atoms. The van der Waals surface area contributed by atoms with Crippen molar-refractivity contribution in [2.45, 2.75) is 26.7 Å². The monoisotopic (exact) mass is 259 g/mol. The summed E-state index contributed by atoms with van der Waals surface area (Å²) >= 11 is 0. The molecule has 1 heterocycles. The quantitative estimate of drug-likeness (QED) is 0.897. The Labute approximate surface area is 113 Å². The van der Waals surface area contributed by atoms with Crippen LogP contribution < -0.4 is 10.6 Å². The van der Waals surface area contributed by atoms with E-state index in [9.17, 15) is 9.59 Å². The van der Waals surface area contributed by atoms with Crippen LogP contribution in [0, 0.1) is 11.8 Å². The molecule has 0 saturated heterocycles. The van der Waals surface area contributed by atoms with Gasteiger partial charge in [-0.3, -0.25) is 9.59 Å².